The number of phenolic OH excluding ortho intramolecular Hbond substituents is 1. The van der Waals surface area contributed by atoms with E-state index in [0.717, 1.165) is 5.75 Å². The molecule has 2 N–H and O–H groups in total. The van der Waals surface area contributed by atoms with E-state index in [4.69, 9.17) is 9.47 Å². The Balaban J connectivity index is 2.06. The fourth-order valence-electron chi connectivity index (χ4n) is 4.37. The minimum atomic E-state index is -0.934. The van der Waals surface area contributed by atoms with Crippen LogP contribution in [0.2, 0.25) is 0 Å². The number of hydrogen-bond donors (Lipinski definition) is 2. The Morgan fingerprint density at radius 1 is 1.25 bits per heavy atom. The lowest BCUT2D eigenvalue weighted by molar-refractivity contribution is -0.151. The first kappa shape index (κ1) is 23.9. The number of nitrogens with one attached hydrogen (secondary N) is 1. The fraction of sp³-hybridized carbons (Fsp3) is 0.458. The van der Waals surface area contributed by atoms with Crippen molar-refractivity contribution in [1.29, 1.82) is 0 Å². The number of dihydropyridines is 1. The largest absolute Gasteiger partial charge is 0.508 e. The van der Waals surface area contributed by atoms with Gasteiger partial charge in [0.2, 0.25) is 0 Å². The number of benzene rings is 1. The number of ketones is 1. The molecule has 0 bridgehead atoms. The summed E-state index contributed by atoms with van der Waals surface area (Å²) >= 11 is 1.67. The molecule has 0 radical (unpaired) electrons. The summed E-state index contributed by atoms with van der Waals surface area (Å²) in [6.45, 7) is 5.93. The molecule has 3 atom stereocenters. The summed E-state index contributed by atoms with van der Waals surface area (Å²) in [4.78, 5) is 39.1. The van der Waals surface area contributed by atoms with Crippen molar-refractivity contribution in [2.45, 2.75) is 33.1 Å². The van der Waals surface area contributed by atoms with Crippen molar-refractivity contribution >= 4 is 29.5 Å². The monoisotopic (exact) mass is 459 g/mol. The quantitative estimate of drug-likeness (QED) is 0.364. The third-order valence-corrected chi connectivity index (χ3v) is 6.72. The number of Topliss-reactive ketones (excluding diaryl/α,β-unsaturated/α-hetero) is 1. The molecule has 1 heterocycles. The lowest BCUT2D eigenvalue weighted by Gasteiger charge is -2.38. The van der Waals surface area contributed by atoms with Gasteiger partial charge in [-0.3, -0.25) is 9.59 Å². The standard InChI is InChI=1S/C24H29NO6S/c1-5-32-11-10-31-24(29)19-14(3)25-17-12-13(2)18(23(28)30-4)22(27)21(17)20(19)15-6-8-16(26)9-7-15/h6-9,13,18,20,25-26H,5,10-12H2,1-4H3/t13-,18+,20+/m1/s1. The molecule has 2 aliphatic rings. The SMILES string of the molecule is CCSCCOC(=O)C1=C(C)NC2=C(C(=O)[C@@H](C(=O)OC)[C@H](C)C2)[C@H]1c1ccc(O)cc1. The number of ether oxygens (including phenoxy) is 2. The van der Waals surface area contributed by atoms with Crippen LogP contribution in [0.15, 0.2) is 46.8 Å². The lowest BCUT2D eigenvalue weighted by Crippen LogP contribution is -2.43. The predicted molar refractivity (Wildman–Crippen MR) is 122 cm³/mol. The summed E-state index contributed by atoms with van der Waals surface area (Å²) in [5.41, 5.74) is 2.70. The van der Waals surface area contributed by atoms with E-state index in [9.17, 15) is 19.5 Å². The molecule has 1 aromatic rings. The number of rotatable bonds is 7. The number of allylic oxidation sites excluding steroid dienone is 3. The van der Waals surface area contributed by atoms with Crippen LogP contribution in [0.5, 0.6) is 5.75 Å². The third-order valence-electron chi connectivity index (χ3n) is 5.85. The van der Waals surface area contributed by atoms with Gasteiger partial charge in [0.15, 0.2) is 5.78 Å². The molecule has 8 heteroatoms. The Kier molecular flexibility index (Phi) is 7.66. The number of methoxy groups -OCH3 is 1. The Labute approximate surface area is 192 Å². The number of phenols is 1. The van der Waals surface area contributed by atoms with E-state index in [1.807, 2.05) is 13.8 Å². The van der Waals surface area contributed by atoms with Crippen LogP contribution in [-0.4, -0.2) is 48.1 Å². The zero-order valence-electron chi connectivity index (χ0n) is 18.8. The molecule has 0 spiro atoms. The van der Waals surface area contributed by atoms with Crippen LogP contribution >= 0.6 is 11.8 Å². The number of esters is 2. The Hall–Kier alpha value is -2.74. The molecule has 0 fully saturated rings. The van der Waals surface area contributed by atoms with E-state index in [1.165, 1.54) is 19.2 Å². The maximum absolute atomic E-state index is 13.6. The molecule has 0 saturated heterocycles. The van der Waals surface area contributed by atoms with Gasteiger partial charge < -0.3 is 19.9 Å². The van der Waals surface area contributed by atoms with E-state index in [1.54, 1.807) is 30.8 Å². The maximum Gasteiger partial charge on any atom is 0.336 e. The number of thioether (sulfide) groups is 1. The van der Waals surface area contributed by atoms with Gasteiger partial charge in [0.05, 0.1) is 12.7 Å². The molecule has 1 aromatic carbocycles. The van der Waals surface area contributed by atoms with Gasteiger partial charge in [-0.2, -0.15) is 11.8 Å². The van der Waals surface area contributed by atoms with Crippen LogP contribution in [0.25, 0.3) is 0 Å². The van der Waals surface area contributed by atoms with E-state index in [0.29, 0.717) is 40.3 Å². The van der Waals surface area contributed by atoms with Gasteiger partial charge in [-0.1, -0.05) is 26.0 Å². The first-order valence-corrected chi connectivity index (χ1v) is 11.8. The molecule has 172 valence electrons. The van der Waals surface area contributed by atoms with Crippen molar-refractivity contribution in [2.24, 2.45) is 11.8 Å². The first-order valence-electron chi connectivity index (χ1n) is 10.7. The highest BCUT2D eigenvalue weighted by Gasteiger charge is 2.47. The van der Waals surface area contributed by atoms with Gasteiger partial charge in [0.25, 0.3) is 0 Å². The van der Waals surface area contributed by atoms with E-state index >= 15 is 0 Å². The molecule has 0 amide bonds. The van der Waals surface area contributed by atoms with Crippen molar-refractivity contribution in [3.63, 3.8) is 0 Å². The van der Waals surface area contributed by atoms with Crippen LogP contribution in [-0.2, 0) is 23.9 Å². The second-order valence-electron chi connectivity index (χ2n) is 7.96. The number of aromatic hydroxyl groups is 1. The molecule has 0 saturated carbocycles. The van der Waals surface area contributed by atoms with Gasteiger partial charge in [-0.05, 0) is 42.7 Å². The molecule has 0 aromatic heterocycles. The minimum absolute atomic E-state index is 0.0781. The molecule has 1 aliphatic heterocycles. The van der Waals surface area contributed by atoms with Gasteiger partial charge in [0, 0.05) is 28.6 Å². The highest BCUT2D eigenvalue weighted by Crippen LogP contribution is 2.45. The van der Waals surface area contributed by atoms with Crippen molar-refractivity contribution in [3.8, 4) is 5.75 Å². The Morgan fingerprint density at radius 3 is 2.56 bits per heavy atom. The molecule has 32 heavy (non-hydrogen) atoms. The van der Waals surface area contributed by atoms with E-state index in [-0.39, 0.29) is 24.1 Å². The molecule has 0 unspecified atom stereocenters. The van der Waals surface area contributed by atoms with Crippen LogP contribution < -0.4 is 5.32 Å². The summed E-state index contributed by atoms with van der Waals surface area (Å²) in [6.07, 6.45) is 0.474. The van der Waals surface area contributed by atoms with Gasteiger partial charge in [-0.25, -0.2) is 4.79 Å². The van der Waals surface area contributed by atoms with E-state index in [2.05, 4.69) is 5.32 Å². The van der Waals surface area contributed by atoms with E-state index < -0.39 is 23.8 Å². The van der Waals surface area contributed by atoms with Crippen molar-refractivity contribution in [1.82, 2.24) is 5.32 Å². The first-order chi connectivity index (χ1) is 15.3. The zero-order valence-corrected chi connectivity index (χ0v) is 19.6. The summed E-state index contributed by atoms with van der Waals surface area (Å²) in [7, 11) is 1.27. The third kappa shape index (κ3) is 4.70. The summed E-state index contributed by atoms with van der Waals surface area (Å²) in [6, 6.07) is 6.40. The second kappa shape index (κ2) is 10.3. The number of carbonyl (C=O) groups excluding carboxylic acids is 3. The second-order valence-corrected chi connectivity index (χ2v) is 9.35. The van der Waals surface area contributed by atoms with Gasteiger partial charge in [-0.15, -0.1) is 0 Å². The number of hydrogen-bond acceptors (Lipinski definition) is 8. The highest BCUT2D eigenvalue weighted by molar-refractivity contribution is 7.99. The Bertz CT molecular complexity index is 965. The van der Waals surface area contributed by atoms with Gasteiger partial charge in [0.1, 0.15) is 18.3 Å². The van der Waals surface area contributed by atoms with Crippen molar-refractivity contribution in [2.75, 3.05) is 25.2 Å². The van der Waals surface area contributed by atoms with Crippen molar-refractivity contribution < 1.29 is 29.0 Å². The average Bonchev–Trinajstić information content (AvgIpc) is 2.76. The molecule has 3 rings (SSSR count). The van der Waals surface area contributed by atoms with Crippen molar-refractivity contribution in [3.05, 3.63) is 52.4 Å². The predicted octanol–water partition coefficient (Wildman–Crippen LogP) is 3.30. The lowest BCUT2D eigenvalue weighted by atomic mass is 9.69. The van der Waals surface area contributed by atoms with Crippen LogP contribution in [0.3, 0.4) is 0 Å². The Morgan fingerprint density at radius 2 is 1.94 bits per heavy atom. The summed E-state index contributed by atoms with van der Waals surface area (Å²) < 4.78 is 10.4. The minimum Gasteiger partial charge on any atom is -0.508 e. The topological polar surface area (TPSA) is 102 Å². The normalized spacial score (nSPS) is 22.9. The molecular formula is C24H29NO6S. The molecule has 1 aliphatic carbocycles. The smallest absolute Gasteiger partial charge is 0.336 e. The highest BCUT2D eigenvalue weighted by atomic mass is 32.2. The number of carbonyl (C=O) groups is 3. The maximum atomic E-state index is 13.6. The van der Waals surface area contributed by atoms with Gasteiger partial charge >= 0.3 is 11.9 Å². The summed E-state index contributed by atoms with van der Waals surface area (Å²) in [5.74, 6) is -1.63. The van der Waals surface area contributed by atoms with Crippen LogP contribution in [0, 0.1) is 11.8 Å². The zero-order chi connectivity index (χ0) is 23.4. The molecule has 7 nitrogen and oxygen atoms in total. The van der Waals surface area contributed by atoms with Crippen LogP contribution in [0.1, 0.15) is 38.7 Å². The fourth-order valence-corrected chi connectivity index (χ4v) is 4.86. The average molecular weight is 460 g/mol. The molecular weight excluding hydrogens is 430 g/mol. The summed E-state index contributed by atoms with van der Waals surface area (Å²) in [5, 5.41) is 13.0. The van der Waals surface area contributed by atoms with Crippen LogP contribution in [0.4, 0.5) is 0 Å².